The van der Waals surface area contributed by atoms with Crippen molar-refractivity contribution in [3.63, 3.8) is 0 Å². The molecule has 19 heavy (non-hydrogen) atoms. The van der Waals surface area contributed by atoms with Crippen LogP contribution in [0, 0.1) is 47.8 Å². The molecule has 0 N–H and O–H groups in total. The van der Waals surface area contributed by atoms with Gasteiger partial charge in [-0.2, -0.15) is 5.26 Å². The van der Waals surface area contributed by atoms with E-state index in [2.05, 4.69) is 22.5 Å². The topological polar surface area (TPSA) is 41.6 Å². The maximum absolute atomic E-state index is 9.18. The van der Waals surface area contributed by atoms with Crippen molar-refractivity contribution in [1.82, 2.24) is 9.55 Å². The van der Waals surface area contributed by atoms with Crippen molar-refractivity contribution in [2.75, 3.05) is 0 Å². The third-order valence-corrected chi connectivity index (χ3v) is 5.97. The Morgan fingerprint density at radius 1 is 1.21 bits per heavy atom. The number of rotatable bonds is 2. The molecular weight excluding hydrogens is 234 g/mol. The fraction of sp³-hybridized carbons (Fsp3) is 0.750. The maximum Gasteiger partial charge on any atom is 0.212 e. The molecule has 3 nitrogen and oxygen atoms in total. The minimum atomic E-state index is 0.603. The minimum Gasteiger partial charge on any atom is -0.320 e. The molecule has 0 amide bonds. The lowest BCUT2D eigenvalue weighted by Crippen LogP contribution is -2.46. The molecule has 100 valence electrons. The van der Waals surface area contributed by atoms with E-state index >= 15 is 0 Å². The van der Waals surface area contributed by atoms with E-state index in [1.165, 1.54) is 32.1 Å². The Morgan fingerprint density at radius 2 is 1.84 bits per heavy atom. The number of aryl methyl sites for hydroxylation is 1. The van der Waals surface area contributed by atoms with Gasteiger partial charge in [-0.05, 0) is 68.6 Å². The van der Waals surface area contributed by atoms with Crippen LogP contribution in [0.2, 0.25) is 0 Å². The quantitative estimate of drug-likeness (QED) is 0.814. The SMILES string of the molecule is Cc1cnc(C#N)n1CC1C2CC3CC(C2)CC1C3. The first-order valence-corrected chi connectivity index (χ1v) is 7.66. The maximum atomic E-state index is 9.18. The van der Waals surface area contributed by atoms with Gasteiger partial charge in [-0.1, -0.05) is 0 Å². The van der Waals surface area contributed by atoms with Crippen molar-refractivity contribution in [3.05, 3.63) is 17.7 Å². The lowest BCUT2D eigenvalue weighted by Gasteiger charge is -2.54. The molecule has 4 fully saturated rings. The zero-order valence-corrected chi connectivity index (χ0v) is 11.5. The number of nitrogens with zero attached hydrogens (tertiary/aromatic N) is 3. The first-order chi connectivity index (χ1) is 9.24. The highest BCUT2D eigenvalue weighted by atomic mass is 15.1. The van der Waals surface area contributed by atoms with Gasteiger partial charge in [-0.3, -0.25) is 0 Å². The highest BCUT2D eigenvalue weighted by molar-refractivity contribution is 5.16. The highest BCUT2D eigenvalue weighted by Crippen LogP contribution is 2.56. The van der Waals surface area contributed by atoms with E-state index in [9.17, 15) is 5.26 Å². The zero-order chi connectivity index (χ0) is 13.0. The Hall–Kier alpha value is -1.30. The first kappa shape index (κ1) is 11.5. The van der Waals surface area contributed by atoms with Gasteiger partial charge in [0.2, 0.25) is 5.82 Å². The first-order valence-electron chi connectivity index (χ1n) is 7.66. The van der Waals surface area contributed by atoms with Gasteiger partial charge in [-0.15, -0.1) is 0 Å². The lowest BCUT2D eigenvalue weighted by molar-refractivity contribution is -0.0432. The molecule has 5 rings (SSSR count). The summed E-state index contributed by atoms with van der Waals surface area (Å²) in [5.74, 6) is 5.30. The fourth-order valence-electron chi connectivity index (χ4n) is 5.33. The molecule has 0 aliphatic heterocycles. The summed E-state index contributed by atoms with van der Waals surface area (Å²) in [6.45, 7) is 3.10. The zero-order valence-electron chi connectivity index (χ0n) is 11.5. The molecule has 4 saturated carbocycles. The van der Waals surface area contributed by atoms with Crippen molar-refractivity contribution >= 4 is 0 Å². The summed E-state index contributed by atoms with van der Waals surface area (Å²) in [7, 11) is 0. The second-order valence-electron chi connectivity index (χ2n) is 7.04. The van der Waals surface area contributed by atoms with Crippen LogP contribution < -0.4 is 0 Å². The molecule has 0 atom stereocenters. The molecule has 3 heteroatoms. The molecule has 0 saturated heterocycles. The highest BCUT2D eigenvalue weighted by Gasteiger charge is 2.48. The van der Waals surface area contributed by atoms with Crippen LogP contribution in [0.1, 0.15) is 43.6 Å². The third-order valence-electron chi connectivity index (χ3n) is 5.97. The lowest BCUT2D eigenvalue weighted by atomic mass is 9.52. The van der Waals surface area contributed by atoms with Crippen molar-refractivity contribution in [3.8, 4) is 6.07 Å². The van der Waals surface area contributed by atoms with Gasteiger partial charge in [0.1, 0.15) is 6.07 Å². The second-order valence-corrected chi connectivity index (χ2v) is 7.04. The van der Waals surface area contributed by atoms with Gasteiger partial charge < -0.3 is 4.57 Å². The average molecular weight is 255 g/mol. The number of hydrogen-bond donors (Lipinski definition) is 0. The van der Waals surface area contributed by atoms with Crippen LogP contribution in [0.15, 0.2) is 6.20 Å². The predicted molar refractivity (Wildman–Crippen MR) is 72.2 cm³/mol. The molecule has 0 aromatic carbocycles. The van der Waals surface area contributed by atoms with Crippen LogP contribution in [0.25, 0.3) is 0 Å². The number of imidazole rings is 1. The van der Waals surface area contributed by atoms with E-state index in [1.807, 2.05) is 6.20 Å². The second kappa shape index (κ2) is 4.10. The van der Waals surface area contributed by atoms with Gasteiger partial charge in [-0.25, -0.2) is 4.98 Å². The van der Waals surface area contributed by atoms with Crippen LogP contribution in [0.3, 0.4) is 0 Å². The van der Waals surface area contributed by atoms with Crippen LogP contribution in [-0.4, -0.2) is 9.55 Å². The third kappa shape index (κ3) is 1.73. The minimum absolute atomic E-state index is 0.603. The van der Waals surface area contributed by atoms with Crippen LogP contribution in [-0.2, 0) is 6.54 Å². The van der Waals surface area contributed by atoms with Gasteiger partial charge in [0.25, 0.3) is 0 Å². The molecule has 0 unspecified atom stereocenters. The molecule has 4 aliphatic carbocycles. The van der Waals surface area contributed by atoms with E-state index < -0.39 is 0 Å². The van der Waals surface area contributed by atoms with Gasteiger partial charge in [0, 0.05) is 18.4 Å². The van der Waals surface area contributed by atoms with Gasteiger partial charge >= 0.3 is 0 Å². The van der Waals surface area contributed by atoms with Crippen molar-refractivity contribution < 1.29 is 0 Å². The van der Waals surface area contributed by atoms with E-state index in [1.54, 1.807) is 0 Å². The number of nitriles is 1. The van der Waals surface area contributed by atoms with E-state index in [-0.39, 0.29) is 0 Å². The van der Waals surface area contributed by atoms with Crippen LogP contribution in [0.4, 0.5) is 0 Å². The predicted octanol–water partition coefficient (Wildman–Crippen LogP) is 3.14. The van der Waals surface area contributed by atoms with Gasteiger partial charge in [0.05, 0.1) is 0 Å². The summed E-state index contributed by atoms with van der Waals surface area (Å²) in [4.78, 5) is 4.22. The Morgan fingerprint density at radius 3 is 2.42 bits per heavy atom. The van der Waals surface area contributed by atoms with Gasteiger partial charge in [0.15, 0.2) is 0 Å². The summed E-state index contributed by atoms with van der Waals surface area (Å²) in [6, 6.07) is 2.24. The molecule has 0 radical (unpaired) electrons. The molecule has 0 spiro atoms. The Labute approximate surface area is 114 Å². The molecule has 4 aliphatic rings. The summed E-state index contributed by atoms with van der Waals surface area (Å²) in [6.07, 6.45) is 9.16. The van der Waals surface area contributed by atoms with Crippen molar-refractivity contribution in [1.29, 1.82) is 5.26 Å². The van der Waals surface area contributed by atoms with Crippen molar-refractivity contribution in [2.45, 2.75) is 45.6 Å². The van der Waals surface area contributed by atoms with E-state index in [0.717, 1.165) is 41.8 Å². The molecule has 4 bridgehead atoms. The smallest absolute Gasteiger partial charge is 0.212 e. The van der Waals surface area contributed by atoms with E-state index in [0.29, 0.717) is 5.82 Å². The normalized spacial score (nSPS) is 39.5. The molecule has 1 aromatic rings. The molecule has 1 aromatic heterocycles. The standard InChI is InChI=1S/C16H21N3/c1-10-8-18-16(7-17)19(10)9-15-13-3-11-2-12(5-13)6-14(15)4-11/h8,11-15H,2-6,9H2,1H3. The Kier molecular flexibility index (Phi) is 2.48. The Balaban J connectivity index is 1.60. The summed E-state index contributed by atoms with van der Waals surface area (Å²) < 4.78 is 2.16. The van der Waals surface area contributed by atoms with Crippen LogP contribution >= 0.6 is 0 Å². The summed E-state index contributed by atoms with van der Waals surface area (Å²) in [5, 5.41) is 9.18. The fourth-order valence-corrected chi connectivity index (χ4v) is 5.33. The summed E-state index contributed by atoms with van der Waals surface area (Å²) >= 11 is 0. The van der Waals surface area contributed by atoms with Crippen LogP contribution in [0.5, 0.6) is 0 Å². The number of hydrogen-bond acceptors (Lipinski definition) is 2. The average Bonchev–Trinajstić information content (AvgIpc) is 2.73. The van der Waals surface area contributed by atoms with Crippen molar-refractivity contribution in [2.24, 2.45) is 29.6 Å². The summed E-state index contributed by atoms with van der Waals surface area (Å²) in [5.41, 5.74) is 1.14. The molecule has 1 heterocycles. The monoisotopic (exact) mass is 255 g/mol. The Bertz CT molecular complexity index is 509. The number of aromatic nitrogens is 2. The molecular formula is C16H21N3. The largest absolute Gasteiger partial charge is 0.320 e. The van der Waals surface area contributed by atoms with E-state index in [4.69, 9.17) is 0 Å².